The van der Waals surface area contributed by atoms with Crippen molar-refractivity contribution >= 4 is 40.9 Å². The van der Waals surface area contributed by atoms with Gasteiger partial charge in [0.25, 0.3) is 0 Å². The third kappa shape index (κ3) is 8.70. The maximum atomic E-state index is 13.3. The van der Waals surface area contributed by atoms with E-state index in [4.69, 9.17) is 11.6 Å². The van der Waals surface area contributed by atoms with Crippen LogP contribution in [0.15, 0.2) is 42.5 Å². The van der Waals surface area contributed by atoms with Gasteiger partial charge in [-0.3, -0.25) is 0 Å². The van der Waals surface area contributed by atoms with Gasteiger partial charge in [0.2, 0.25) is 11.9 Å². The van der Waals surface area contributed by atoms with Crippen molar-refractivity contribution in [2.24, 2.45) is 0 Å². The quantitative estimate of drug-likeness (QED) is 0.264. The number of alkyl halides is 6. The number of anilines is 4. The Labute approximate surface area is 233 Å². The van der Waals surface area contributed by atoms with E-state index in [1.54, 1.807) is 0 Å². The van der Waals surface area contributed by atoms with Crippen LogP contribution in [0.2, 0.25) is 5.02 Å². The van der Waals surface area contributed by atoms with Crippen LogP contribution in [0.5, 0.6) is 6.01 Å². The van der Waals surface area contributed by atoms with Crippen molar-refractivity contribution in [1.29, 1.82) is 0 Å². The van der Waals surface area contributed by atoms with E-state index in [0.717, 1.165) is 24.3 Å². The summed E-state index contributed by atoms with van der Waals surface area (Å²) in [5.74, 6) is -1.17. The van der Waals surface area contributed by atoms with Crippen LogP contribution in [-0.4, -0.2) is 57.8 Å². The zero-order valence-electron chi connectivity index (χ0n) is 20.8. The van der Waals surface area contributed by atoms with Gasteiger partial charge in [-0.25, -0.2) is 9.18 Å². The minimum absolute atomic E-state index is 0.0690. The van der Waals surface area contributed by atoms with Crippen molar-refractivity contribution < 1.29 is 40.3 Å². The first-order valence-electron chi connectivity index (χ1n) is 11.9. The number of carbonyl (C=O) groups excluding carboxylic acids is 1. The molecule has 0 radical (unpaired) electrons. The van der Waals surface area contributed by atoms with Crippen LogP contribution in [0, 0.1) is 5.82 Å². The molecule has 2 amide bonds. The molecule has 17 heteroatoms. The van der Waals surface area contributed by atoms with Gasteiger partial charge in [-0.05, 0) is 49.2 Å². The second-order valence-corrected chi connectivity index (χ2v) is 9.24. The Morgan fingerprint density at radius 3 is 2.34 bits per heavy atom. The Morgan fingerprint density at radius 1 is 0.976 bits per heavy atom. The summed E-state index contributed by atoms with van der Waals surface area (Å²) < 4.78 is 95.3. The molecule has 0 spiro atoms. The second kappa shape index (κ2) is 12.2. The number of nitrogens with zero attached hydrogens (tertiary/aromatic N) is 4. The summed E-state index contributed by atoms with van der Waals surface area (Å²) in [6.45, 7) is -1.15. The van der Waals surface area contributed by atoms with E-state index in [1.807, 2.05) is 0 Å². The molecule has 1 aliphatic rings. The highest BCUT2D eigenvalue weighted by Gasteiger charge is 2.31. The molecule has 1 saturated heterocycles. The van der Waals surface area contributed by atoms with Crippen molar-refractivity contribution in [3.63, 3.8) is 0 Å². The number of hydrogen-bond donors (Lipinski definition) is 3. The molecule has 2 aromatic carbocycles. The molecule has 1 fully saturated rings. The monoisotopic (exact) mass is 607 g/mol. The smallest absolute Gasteiger partial charge is 0.422 e. The van der Waals surface area contributed by atoms with Crippen molar-refractivity contribution in [2.45, 2.75) is 31.2 Å². The van der Waals surface area contributed by atoms with Gasteiger partial charge in [-0.2, -0.15) is 41.3 Å². The summed E-state index contributed by atoms with van der Waals surface area (Å²) >= 11 is 5.73. The van der Waals surface area contributed by atoms with E-state index >= 15 is 0 Å². The van der Waals surface area contributed by atoms with Crippen molar-refractivity contribution in [3.8, 4) is 6.01 Å². The number of amides is 2. The number of aromatic nitrogens is 3. The molecule has 0 atom stereocenters. The molecule has 41 heavy (non-hydrogen) atoms. The third-order valence-corrected chi connectivity index (χ3v) is 6.00. The van der Waals surface area contributed by atoms with E-state index in [2.05, 4.69) is 35.6 Å². The molecule has 4 rings (SSSR count). The summed E-state index contributed by atoms with van der Waals surface area (Å²) in [6.07, 6.45) is -8.54. The highest BCUT2D eigenvalue weighted by molar-refractivity contribution is 6.31. The van der Waals surface area contributed by atoms with Gasteiger partial charge in [0.05, 0.1) is 10.6 Å². The molecule has 0 bridgehead atoms. The minimum atomic E-state index is -4.69. The zero-order valence-corrected chi connectivity index (χ0v) is 21.5. The van der Waals surface area contributed by atoms with Crippen molar-refractivity contribution in [2.75, 3.05) is 35.6 Å². The number of likely N-dealkylation sites (tertiary alicyclic amines) is 1. The average Bonchev–Trinajstić information content (AvgIpc) is 2.89. The lowest BCUT2D eigenvalue weighted by Crippen LogP contribution is -2.44. The Kier molecular flexibility index (Phi) is 8.89. The highest BCUT2D eigenvalue weighted by Crippen LogP contribution is 2.31. The molecular weight excluding hydrogens is 587 g/mol. The lowest BCUT2D eigenvalue weighted by atomic mass is 10.1. The second-order valence-electron chi connectivity index (χ2n) is 8.84. The number of benzene rings is 2. The maximum Gasteiger partial charge on any atom is 0.422 e. The predicted molar refractivity (Wildman–Crippen MR) is 135 cm³/mol. The van der Waals surface area contributed by atoms with E-state index in [-0.39, 0.29) is 41.7 Å². The highest BCUT2D eigenvalue weighted by atomic mass is 35.5. The molecule has 9 nitrogen and oxygen atoms in total. The minimum Gasteiger partial charge on any atom is -0.454 e. The molecule has 3 aromatic rings. The summed E-state index contributed by atoms with van der Waals surface area (Å²) in [5, 5.41) is 7.94. The Balaban J connectivity index is 1.43. The van der Waals surface area contributed by atoms with E-state index in [0.29, 0.717) is 18.5 Å². The molecule has 220 valence electrons. The molecule has 0 unspecified atom stereocenters. The van der Waals surface area contributed by atoms with Crippen LogP contribution < -0.4 is 20.7 Å². The van der Waals surface area contributed by atoms with Gasteiger partial charge in [0.1, 0.15) is 5.82 Å². The van der Waals surface area contributed by atoms with Crippen LogP contribution in [0.3, 0.4) is 0 Å². The summed E-state index contributed by atoms with van der Waals surface area (Å²) in [6, 6.07) is 6.35. The van der Waals surface area contributed by atoms with E-state index < -0.39 is 42.4 Å². The number of rotatable bonds is 7. The lowest BCUT2D eigenvalue weighted by molar-refractivity contribution is -0.154. The SMILES string of the molecule is O=C(Nc1ccc(F)c(Cl)c1)N1CCC(Nc2nc(Nc3cccc(C(F)(F)F)c3)nc(OCC(F)(F)F)n2)CC1. The summed E-state index contributed by atoms with van der Waals surface area (Å²) in [5.41, 5.74) is -0.721. The largest absolute Gasteiger partial charge is 0.454 e. The van der Waals surface area contributed by atoms with Crippen molar-refractivity contribution in [1.82, 2.24) is 19.9 Å². The van der Waals surface area contributed by atoms with Gasteiger partial charge in [0, 0.05) is 30.5 Å². The van der Waals surface area contributed by atoms with Gasteiger partial charge in [-0.1, -0.05) is 17.7 Å². The average molecular weight is 608 g/mol. The number of nitrogens with one attached hydrogen (secondary N) is 3. The molecule has 2 heterocycles. The van der Waals surface area contributed by atoms with Crippen LogP contribution in [0.4, 0.5) is 58.8 Å². The lowest BCUT2D eigenvalue weighted by Gasteiger charge is -2.32. The topological polar surface area (TPSA) is 104 Å². The fourth-order valence-electron chi connectivity index (χ4n) is 3.78. The molecule has 0 aliphatic carbocycles. The Hall–Kier alpha value is -4.08. The number of hydrogen-bond acceptors (Lipinski definition) is 7. The number of carbonyl (C=O) groups is 1. The van der Waals surface area contributed by atoms with Crippen molar-refractivity contribution in [3.05, 3.63) is 58.9 Å². The predicted octanol–water partition coefficient (Wildman–Crippen LogP) is 6.48. The molecule has 1 aliphatic heterocycles. The van der Waals surface area contributed by atoms with Crippen LogP contribution in [-0.2, 0) is 6.18 Å². The normalized spacial score (nSPS) is 14.5. The third-order valence-electron chi connectivity index (χ3n) is 5.71. The maximum absolute atomic E-state index is 13.3. The first-order chi connectivity index (χ1) is 19.2. The number of halogens is 8. The molecular formula is C24H21ClF7N7O2. The first-order valence-corrected chi connectivity index (χ1v) is 12.3. The van der Waals surface area contributed by atoms with Gasteiger partial charge in [0.15, 0.2) is 6.61 Å². The molecule has 3 N–H and O–H groups in total. The van der Waals surface area contributed by atoms with E-state index in [1.165, 1.54) is 23.1 Å². The molecule has 0 saturated carbocycles. The fraction of sp³-hybridized carbons (Fsp3) is 0.333. The van der Waals surface area contributed by atoms with E-state index in [9.17, 15) is 35.5 Å². The standard InChI is InChI=1S/C24H21ClF7N7O2/c25-17-11-16(4-5-18(17)26)35-22(40)39-8-6-14(7-9-39)33-19-36-20(38-21(37-19)41-12-23(27,28)29)34-15-3-1-2-13(10-15)24(30,31)32/h1-5,10-11,14H,6-9,12H2,(H,35,40)(H2,33,34,36,37,38). The Bertz CT molecular complexity index is 1380. The summed E-state index contributed by atoms with van der Waals surface area (Å²) in [4.78, 5) is 25.7. The Morgan fingerprint density at radius 2 is 1.68 bits per heavy atom. The van der Waals surface area contributed by atoms with Gasteiger partial charge < -0.3 is 25.6 Å². The first kappa shape index (κ1) is 29.9. The number of piperidine rings is 1. The summed E-state index contributed by atoms with van der Waals surface area (Å²) in [7, 11) is 0. The van der Waals surface area contributed by atoms with Crippen LogP contribution in [0.1, 0.15) is 18.4 Å². The van der Waals surface area contributed by atoms with Gasteiger partial charge in [-0.15, -0.1) is 0 Å². The van der Waals surface area contributed by atoms with Crippen LogP contribution in [0.25, 0.3) is 0 Å². The molecule has 1 aromatic heterocycles. The van der Waals surface area contributed by atoms with Crippen LogP contribution >= 0.6 is 11.6 Å². The number of ether oxygens (including phenoxy) is 1. The fourth-order valence-corrected chi connectivity index (χ4v) is 3.96. The number of urea groups is 1. The van der Waals surface area contributed by atoms with Gasteiger partial charge >= 0.3 is 24.4 Å². The zero-order chi connectivity index (χ0) is 29.8.